The third-order valence-corrected chi connectivity index (χ3v) is 7.22. The van der Waals surface area contributed by atoms with Gasteiger partial charge in [-0.05, 0) is 37.6 Å². The summed E-state index contributed by atoms with van der Waals surface area (Å²) in [5.74, 6) is -0.922. The van der Waals surface area contributed by atoms with Crippen molar-refractivity contribution in [3.8, 4) is 6.07 Å². The Bertz CT molecular complexity index is 1410. The van der Waals surface area contributed by atoms with E-state index in [1.54, 1.807) is 43.3 Å². The SMILES string of the molecule is CC1=C(C(=O)Nc2ccccc2)[C@H](c2ccccc2Cl)C(C#N)=C(SCC(=O)c2ccc(C)cc2)N1. The van der Waals surface area contributed by atoms with Gasteiger partial charge in [0, 0.05) is 27.5 Å². The van der Waals surface area contributed by atoms with Gasteiger partial charge in [0.1, 0.15) is 0 Å². The van der Waals surface area contributed by atoms with Gasteiger partial charge in [0.2, 0.25) is 0 Å². The van der Waals surface area contributed by atoms with Crippen LogP contribution in [0.1, 0.15) is 34.3 Å². The molecule has 7 heteroatoms. The van der Waals surface area contributed by atoms with Crippen LogP contribution in [0.25, 0.3) is 0 Å². The minimum Gasteiger partial charge on any atom is -0.353 e. The first-order valence-electron chi connectivity index (χ1n) is 11.3. The molecule has 4 rings (SSSR count). The van der Waals surface area contributed by atoms with Crippen molar-refractivity contribution in [2.45, 2.75) is 19.8 Å². The Labute approximate surface area is 219 Å². The summed E-state index contributed by atoms with van der Waals surface area (Å²) < 4.78 is 0. The first-order chi connectivity index (χ1) is 17.4. The van der Waals surface area contributed by atoms with E-state index in [0.29, 0.717) is 43.7 Å². The molecule has 1 atom stereocenters. The molecule has 0 bridgehead atoms. The van der Waals surface area contributed by atoms with Gasteiger partial charge in [-0.15, -0.1) is 0 Å². The molecule has 3 aromatic carbocycles. The largest absolute Gasteiger partial charge is 0.353 e. The number of nitrogens with one attached hydrogen (secondary N) is 2. The van der Waals surface area contributed by atoms with E-state index in [1.807, 2.05) is 49.4 Å². The first-order valence-corrected chi connectivity index (χ1v) is 12.7. The van der Waals surface area contributed by atoms with Crippen LogP contribution in [0.5, 0.6) is 0 Å². The van der Waals surface area contributed by atoms with Gasteiger partial charge < -0.3 is 10.6 Å². The summed E-state index contributed by atoms with van der Waals surface area (Å²) in [7, 11) is 0. The number of carbonyl (C=O) groups is 2. The zero-order valence-electron chi connectivity index (χ0n) is 19.8. The average Bonchev–Trinajstić information content (AvgIpc) is 2.88. The van der Waals surface area contributed by atoms with E-state index in [4.69, 9.17) is 11.6 Å². The van der Waals surface area contributed by atoms with Crippen LogP contribution in [0.2, 0.25) is 5.02 Å². The lowest BCUT2D eigenvalue weighted by Gasteiger charge is -2.30. The van der Waals surface area contributed by atoms with Crippen LogP contribution in [0, 0.1) is 18.3 Å². The van der Waals surface area contributed by atoms with Crippen LogP contribution < -0.4 is 10.6 Å². The Morgan fingerprint density at radius 2 is 1.67 bits per heavy atom. The zero-order valence-corrected chi connectivity index (χ0v) is 21.4. The Morgan fingerprint density at radius 3 is 2.33 bits per heavy atom. The molecule has 0 saturated carbocycles. The Balaban J connectivity index is 1.69. The number of nitriles is 1. The summed E-state index contributed by atoms with van der Waals surface area (Å²) in [5, 5.41) is 17.4. The molecule has 1 aliphatic rings. The molecule has 0 unspecified atom stereocenters. The zero-order chi connectivity index (χ0) is 25.7. The first kappa shape index (κ1) is 25.3. The molecule has 0 radical (unpaired) electrons. The van der Waals surface area contributed by atoms with Gasteiger partial charge in [0.15, 0.2) is 5.78 Å². The number of ketones is 1. The summed E-state index contributed by atoms with van der Waals surface area (Å²) in [4.78, 5) is 26.3. The number of Topliss-reactive ketones (excluding diaryl/α,β-unsaturated/α-hetero) is 1. The van der Waals surface area contributed by atoms with E-state index < -0.39 is 5.92 Å². The molecule has 2 N–H and O–H groups in total. The van der Waals surface area contributed by atoms with Crippen molar-refractivity contribution in [1.29, 1.82) is 5.26 Å². The summed E-state index contributed by atoms with van der Waals surface area (Å²) >= 11 is 7.81. The number of dihydropyridines is 1. The Hall–Kier alpha value is -3.79. The number of thioether (sulfide) groups is 1. The molecule has 0 spiro atoms. The van der Waals surface area contributed by atoms with E-state index in [9.17, 15) is 14.9 Å². The van der Waals surface area contributed by atoms with Gasteiger partial charge in [-0.25, -0.2) is 0 Å². The smallest absolute Gasteiger partial charge is 0.254 e. The number of hydrogen-bond donors (Lipinski definition) is 2. The maximum atomic E-state index is 13.5. The van der Waals surface area contributed by atoms with Gasteiger partial charge in [-0.1, -0.05) is 89.6 Å². The minimum absolute atomic E-state index is 0.0462. The molecule has 180 valence electrons. The van der Waals surface area contributed by atoms with Gasteiger partial charge in [-0.3, -0.25) is 9.59 Å². The highest BCUT2D eigenvalue weighted by Crippen LogP contribution is 2.43. The summed E-state index contributed by atoms with van der Waals surface area (Å²) in [6, 6.07) is 26.0. The maximum Gasteiger partial charge on any atom is 0.254 e. The van der Waals surface area contributed by atoms with Crippen molar-refractivity contribution < 1.29 is 9.59 Å². The van der Waals surface area contributed by atoms with Crippen LogP contribution in [-0.4, -0.2) is 17.4 Å². The lowest BCUT2D eigenvalue weighted by atomic mass is 9.82. The van der Waals surface area contributed by atoms with Crippen molar-refractivity contribution in [1.82, 2.24) is 5.32 Å². The van der Waals surface area contributed by atoms with E-state index in [0.717, 1.165) is 5.56 Å². The molecule has 3 aromatic rings. The number of para-hydroxylation sites is 1. The molecule has 0 saturated heterocycles. The highest BCUT2D eigenvalue weighted by Gasteiger charge is 2.36. The Morgan fingerprint density at radius 1 is 1.00 bits per heavy atom. The van der Waals surface area contributed by atoms with Gasteiger partial charge in [-0.2, -0.15) is 5.26 Å². The molecular formula is C29H24ClN3O2S. The number of benzene rings is 3. The number of rotatable bonds is 7. The fraction of sp³-hybridized carbons (Fsp3) is 0.138. The third-order valence-electron chi connectivity index (χ3n) is 5.86. The normalized spacial score (nSPS) is 15.2. The van der Waals surface area contributed by atoms with Crippen molar-refractivity contribution in [3.63, 3.8) is 0 Å². The monoisotopic (exact) mass is 513 g/mol. The van der Waals surface area contributed by atoms with E-state index in [2.05, 4.69) is 16.7 Å². The highest BCUT2D eigenvalue weighted by molar-refractivity contribution is 8.03. The summed E-state index contributed by atoms with van der Waals surface area (Å²) in [6.45, 7) is 3.76. The lowest BCUT2D eigenvalue weighted by Crippen LogP contribution is -2.31. The molecule has 0 aromatic heterocycles. The predicted octanol–water partition coefficient (Wildman–Crippen LogP) is 6.60. The van der Waals surface area contributed by atoms with Crippen LogP contribution in [-0.2, 0) is 4.79 Å². The molecule has 0 fully saturated rings. The fourth-order valence-electron chi connectivity index (χ4n) is 4.03. The van der Waals surface area contributed by atoms with Crippen LogP contribution in [0.15, 0.2) is 101 Å². The lowest BCUT2D eigenvalue weighted by molar-refractivity contribution is -0.113. The summed E-state index contributed by atoms with van der Waals surface area (Å²) in [6.07, 6.45) is 0. The van der Waals surface area contributed by atoms with Crippen LogP contribution in [0.4, 0.5) is 5.69 Å². The van der Waals surface area contributed by atoms with Crippen molar-refractivity contribution in [3.05, 3.63) is 122 Å². The fourth-order valence-corrected chi connectivity index (χ4v) is 5.26. The molecule has 36 heavy (non-hydrogen) atoms. The molecule has 5 nitrogen and oxygen atoms in total. The number of hydrogen-bond acceptors (Lipinski definition) is 5. The molecule has 1 amide bonds. The van der Waals surface area contributed by atoms with Crippen molar-refractivity contribution in [2.24, 2.45) is 0 Å². The standard InChI is InChI=1S/C29H24ClN3O2S/c1-18-12-14-20(15-13-18)25(34)17-36-29-23(16-31)27(22-10-6-7-11-24(22)30)26(19(2)32-29)28(35)33-21-8-4-3-5-9-21/h3-15,27,32H,17H2,1-2H3,(H,33,35)/t27-/m1/s1. The number of anilines is 1. The van der Waals surface area contributed by atoms with Crippen LogP contribution in [0.3, 0.4) is 0 Å². The number of carbonyl (C=O) groups excluding carboxylic acids is 2. The maximum absolute atomic E-state index is 13.5. The van der Waals surface area contributed by atoms with Gasteiger partial charge >= 0.3 is 0 Å². The second-order valence-electron chi connectivity index (χ2n) is 8.37. The number of amides is 1. The quantitative estimate of drug-likeness (QED) is 0.348. The third kappa shape index (κ3) is 5.54. The number of aryl methyl sites for hydroxylation is 1. The van der Waals surface area contributed by atoms with Crippen molar-refractivity contribution >= 4 is 40.7 Å². The number of halogens is 1. The van der Waals surface area contributed by atoms with E-state index in [-0.39, 0.29) is 17.4 Å². The van der Waals surface area contributed by atoms with E-state index >= 15 is 0 Å². The number of allylic oxidation sites excluding steroid dienone is 2. The van der Waals surface area contributed by atoms with Crippen molar-refractivity contribution in [2.75, 3.05) is 11.1 Å². The second kappa shape index (κ2) is 11.3. The van der Waals surface area contributed by atoms with Gasteiger partial charge in [0.25, 0.3) is 5.91 Å². The molecule has 0 aliphatic carbocycles. The highest BCUT2D eigenvalue weighted by atomic mass is 35.5. The second-order valence-corrected chi connectivity index (χ2v) is 9.76. The topological polar surface area (TPSA) is 82.0 Å². The number of nitrogens with zero attached hydrogens (tertiary/aromatic N) is 1. The van der Waals surface area contributed by atoms with Crippen LogP contribution >= 0.6 is 23.4 Å². The minimum atomic E-state index is -0.689. The predicted molar refractivity (Wildman–Crippen MR) is 146 cm³/mol. The average molecular weight is 514 g/mol. The summed E-state index contributed by atoms with van der Waals surface area (Å²) in [5.41, 5.74) is 4.32. The molecule has 1 aliphatic heterocycles. The molecule has 1 heterocycles. The Kier molecular flexibility index (Phi) is 7.94. The van der Waals surface area contributed by atoms with E-state index in [1.165, 1.54) is 11.8 Å². The molecular weight excluding hydrogens is 490 g/mol. The van der Waals surface area contributed by atoms with Gasteiger partial charge in [0.05, 0.1) is 28.3 Å².